The molecule has 1 aliphatic heterocycles. The van der Waals surface area contributed by atoms with Gasteiger partial charge in [0.15, 0.2) is 16.7 Å². The number of carbonyl (C=O) groups is 1. The number of rotatable bonds is 8. The Balaban J connectivity index is 1.47. The van der Waals surface area contributed by atoms with Crippen LogP contribution >= 0.6 is 11.8 Å². The SMILES string of the molecule is COc1ccc(CN(C)C(=O)CSc2nnc(N3CCCC3)n2-c2ccc(C)cc2)cc1F. The van der Waals surface area contributed by atoms with Crippen molar-refractivity contribution in [3.05, 3.63) is 59.4 Å². The van der Waals surface area contributed by atoms with Gasteiger partial charge in [-0.3, -0.25) is 9.36 Å². The summed E-state index contributed by atoms with van der Waals surface area (Å²) in [7, 11) is 3.14. The summed E-state index contributed by atoms with van der Waals surface area (Å²) < 4.78 is 21.0. The molecule has 3 aromatic rings. The lowest BCUT2D eigenvalue weighted by molar-refractivity contribution is -0.127. The van der Waals surface area contributed by atoms with Crippen LogP contribution in [0.15, 0.2) is 47.6 Å². The summed E-state index contributed by atoms with van der Waals surface area (Å²) >= 11 is 1.36. The van der Waals surface area contributed by atoms with Gasteiger partial charge >= 0.3 is 0 Å². The summed E-state index contributed by atoms with van der Waals surface area (Å²) in [5.74, 6) is 0.697. The van der Waals surface area contributed by atoms with Crippen molar-refractivity contribution in [1.29, 1.82) is 0 Å². The predicted molar refractivity (Wildman–Crippen MR) is 128 cm³/mol. The van der Waals surface area contributed by atoms with E-state index in [2.05, 4.69) is 46.3 Å². The van der Waals surface area contributed by atoms with Crippen molar-refractivity contribution in [2.45, 2.75) is 31.5 Å². The molecule has 0 unspecified atom stereocenters. The third-order valence-corrected chi connectivity index (χ3v) is 6.60. The number of benzene rings is 2. The van der Waals surface area contributed by atoms with Crippen molar-refractivity contribution in [3.63, 3.8) is 0 Å². The van der Waals surface area contributed by atoms with E-state index in [9.17, 15) is 9.18 Å². The second-order valence-electron chi connectivity index (χ2n) is 8.16. The predicted octanol–water partition coefficient (Wildman–Crippen LogP) is 4.07. The van der Waals surface area contributed by atoms with Gasteiger partial charge in [0.2, 0.25) is 11.9 Å². The molecular formula is C24H28FN5O2S. The van der Waals surface area contributed by atoms with Gasteiger partial charge in [0.1, 0.15) is 0 Å². The Bertz CT molecular complexity index is 1110. The zero-order valence-corrected chi connectivity index (χ0v) is 19.9. The van der Waals surface area contributed by atoms with Crippen molar-refractivity contribution < 1.29 is 13.9 Å². The van der Waals surface area contributed by atoms with Crippen LogP contribution in [0, 0.1) is 12.7 Å². The van der Waals surface area contributed by atoms with E-state index in [4.69, 9.17) is 4.74 Å². The Morgan fingerprint density at radius 1 is 1.15 bits per heavy atom. The van der Waals surface area contributed by atoms with Gasteiger partial charge in [0, 0.05) is 26.7 Å². The minimum atomic E-state index is -0.439. The van der Waals surface area contributed by atoms with Crippen LogP contribution in [0.3, 0.4) is 0 Å². The van der Waals surface area contributed by atoms with Gasteiger partial charge < -0.3 is 14.5 Å². The van der Waals surface area contributed by atoms with Gasteiger partial charge in [-0.15, -0.1) is 10.2 Å². The van der Waals surface area contributed by atoms with E-state index in [0.29, 0.717) is 17.3 Å². The summed E-state index contributed by atoms with van der Waals surface area (Å²) in [6.45, 7) is 4.27. The van der Waals surface area contributed by atoms with Gasteiger partial charge in [-0.2, -0.15) is 0 Å². The van der Waals surface area contributed by atoms with E-state index in [1.54, 1.807) is 24.1 Å². The Morgan fingerprint density at radius 3 is 2.55 bits per heavy atom. The lowest BCUT2D eigenvalue weighted by Gasteiger charge is -2.19. The van der Waals surface area contributed by atoms with E-state index >= 15 is 0 Å². The lowest BCUT2D eigenvalue weighted by atomic mass is 10.2. The van der Waals surface area contributed by atoms with Crippen LogP contribution in [0.2, 0.25) is 0 Å². The summed E-state index contributed by atoms with van der Waals surface area (Å²) in [5.41, 5.74) is 2.85. The van der Waals surface area contributed by atoms with Crippen LogP contribution in [-0.4, -0.2) is 58.6 Å². The second-order valence-corrected chi connectivity index (χ2v) is 9.10. The van der Waals surface area contributed by atoms with Crippen molar-refractivity contribution in [1.82, 2.24) is 19.7 Å². The molecular weight excluding hydrogens is 441 g/mol. The highest BCUT2D eigenvalue weighted by atomic mass is 32.2. The highest BCUT2D eigenvalue weighted by molar-refractivity contribution is 7.99. The molecule has 2 aromatic carbocycles. The molecule has 7 nitrogen and oxygen atoms in total. The summed E-state index contributed by atoms with van der Waals surface area (Å²) in [5, 5.41) is 9.54. The maximum atomic E-state index is 14.0. The van der Waals surface area contributed by atoms with E-state index in [1.165, 1.54) is 30.5 Å². The smallest absolute Gasteiger partial charge is 0.233 e. The lowest BCUT2D eigenvalue weighted by Crippen LogP contribution is -2.28. The Kier molecular flexibility index (Phi) is 7.17. The molecule has 1 aromatic heterocycles. The molecule has 33 heavy (non-hydrogen) atoms. The molecule has 9 heteroatoms. The molecule has 1 amide bonds. The van der Waals surface area contributed by atoms with Crippen LogP contribution in [0.5, 0.6) is 5.75 Å². The topological polar surface area (TPSA) is 63.5 Å². The molecule has 0 atom stereocenters. The molecule has 0 N–H and O–H groups in total. The van der Waals surface area contributed by atoms with Crippen LogP contribution in [0.4, 0.5) is 10.3 Å². The number of anilines is 1. The van der Waals surface area contributed by atoms with E-state index in [1.807, 2.05) is 4.57 Å². The number of aryl methyl sites for hydroxylation is 1. The molecule has 1 fully saturated rings. The number of aromatic nitrogens is 3. The third kappa shape index (κ3) is 5.30. The van der Waals surface area contributed by atoms with Crippen LogP contribution in [0.25, 0.3) is 5.69 Å². The molecule has 0 radical (unpaired) electrons. The zero-order chi connectivity index (χ0) is 23.4. The van der Waals surface area contributed by atoms with Crippen molar-refractivity contribution >= 4 is 23.6 Å². The quantitative estimate of drug-likeness (QED) is 0.464. The monoisotopic (exact) mass is 469 g/mol. The van der Waals surface area contributed by atoms with Crippen molar-refractivity contribution in [2.75, 3.05) is 37.9 Å². The van der Waals surface area contributed by atoms with Gasteiger partial charge in [-0.05, 0) is 49.6 Å². The normalized spacial score (nSPS) is 13.4. The number of carbonyl (C=O) groups excluding carboxylic acids is 1. The zero-order valence-electron chi connectivity index (χ0n) is 19.1. The van der Waals surface area contributed by atoms with E-state index < -0.39 is 5.82 Å². The number of amides is 1. The first-order valence-corrected chi connectivity index (χ1v) is 11.9. The molecule has 0 saturated carbocycles. The number of nitrogens with zero attached hydrogens (tertiary/aromatic N) is 5. The molecule has 0 bridgehead atoms. The fourth-order valence-electron chi connectivity index (χ4n) is 3.80. The summed E-state index contributed by atoms with van der Waals surface area (Å²) in [6, 6.07) is 12.9. The van der Waals surface area contributed by atoms with E-state index in [-0.39, 0.29) is 17.4 Å². The summed E-state index contributed by atoms with van der Waals surface area (Å²) in [4.78, 5) is 16.6. The van der Waals surface area contributed by atoms with Crippen molar-refractivity contribution in [3.8, 4) is 11.4 Å². The number of halogens is 1. The molecule has 1 saturated heterocycles. The number of ether oxygens (including phenoxy) is 1. The maximum absolute atomic E-state index is 14.0. The van der Waals surface area contributed by atoms with Crippen LogP contribution < -0.4 is 9.64 Å². The molecule has 0 spiro atoms. The van der Waals surface area contributed by atoms with Gasteiger partial charge in [-0.25, -0.2) is 4.39 Å². The first-order valence-electron chi connectivity index (χ1n) is 10.9. The Labute approximate surface area is 197 Å². The van der Waals surface area contributed by atoms with Gasteiger partial charge in [0.05, 0.1) is 18.6 Å². The number of hydrogen-bond acceptors (Lipinski definition) is 6. The molecule has 2 heterocycles. The molecule has 174 valence electrons. The standard InChI is InChI=1S/C24H28FN5O2S/c1-17-6-9-19(10-7-17)30-23(29-12-4-5-13-29)26-27-24(30)33-16-22(31)28(2)15-18-8-11-21(32-3)20(25)14-18/h6-11,14H,4-5,12-13,15-16H2,1-3H3. The largest absolute Gasteiger partial charge is 0.494 e. The second kappa shape index (κ2) is 10.2. The van der Waals surface area contributed by atoms with Crippen molar-refractivity contribution in [2.24, 2.45) is 0 Å². The highest BCUT2D eigenvalue weighted by Crippen LogP contribution is 2.29. The number of methoxy groups -OCH3 is 1. The van der Waals surface area contributed by atoms with Crippen LogP contribution in [0.1, 0.15) is 24.0 Å². The average molecular weight is 470 g/mol. The third-order valence-electron chi connectivity index (χ3n) is 5.68. The molecule has 1 aliphatic rings. The van der Waals surface area contributed by atoms with Crippen LogP contribution in [-0.2, 0) is 11.3 Å². The fraction of sp³-hybridized carbons (Fsp3) is 0.375. The average Bonchev–Trinajstić information content (AvgIpc) is 3.48. The highest BCUT2D eigenvalue weighted by Gasteiger charge is 2.23. The molecule has 4 rings (SSSR count). The number of thioether (sulfide) groups is 1. The Morgan fingerprint density at radius 2 is 1.88 bits per heavy atom. The van der Waals surface area contributed by atoms with E-state index in [0.717, 1.165) is 37.6 Å². The van der Waals surface area contributed by atoms with Gasteiger partial charge in [0.25, 0.3) is 0 Å². The van der Waals surface area contributed by atoms with Gasteiger partial charge in [-0.1, -0.05) is 35.5 Å². The first kappa shape index (κ1) is 23.1. The Hall–Kier alpha value is -3.07. The minimum Gasteiger partial charge on any atom is -0.494 e. The number of hydrogen-bond donors (Lipinski definition) is 0. The fourth-order valence-corrected chi connectivity index (χ4v) is 4.69. The maximum Gasteiger partial charge on any atom is 0.233 e. The minimum absolute atomic E-state index is 0.0718. The first-order chi connectivity index (χ1) is 16.0. The molecule has 0 aliphatic carbocycles. The summed E-state index contributed by atoms with van der Waals surface area (Å²) in [6.07, 6.45) is 2.27.